The summed E-state index contributed by atoms with van der Waals surface area (Å²) in [5.74, 6) is 0.109. The van der Waals surface area contributed by atoms with Gasteiger partial charge in [0.1, 0.15) is 5.75 Å². The van der Waals surface area contributed by atoms with Crippen LogP contribution in [0.25, 0.3) is 10.8 Å². The van der Waals surface area contributed by atoms with Crippen LogP contribution in [0.3, 0.4) is 0 Å². The number of hydrazone groups is 1. The Kier molecular flexibility index (Phi) is 5.12. The van der Waals surface area contributed by atoms with Gasteiger partial charge in [0.05, 0.1) is 17.5 Å². The molecule has 1 heterocycles. The molecule has 0 radical (unpaired) electrons. The van der Waals surface area contributed by atoms with E-state index in [1.54, 1.807) is 24.4 Å². The quantitative estimate of drug-likeness (QED) is 0.219. The molecule has 0 bridgehead atoms. The summed E-state index contributed by atoms with van der Waals surface area (Å²) < 4.78 is 5.53. The van der Waals surface area contributed by atoms with Crippen molar-refractivity contribution in [2.75, 3.05) is 5.43 Å². The molecule has 3 aromatic carbocycles. The first-order chi connectivity index (χ1) is 13.7. The maximum atomic E-state index is 12.6. The lowest BCUT2D eigenvalue weighted by atomic mass is 10.0. The highest BCUT2D eigenvalue weighted by atomic mass is 32.1. The first-order valence-corrected chi connectivity index (χ1v) is 9.58. The van der Waals surface area contributed by atoms with Crippen LogP contribution in [0.5, 0.6) is 5.75 Å². The van der Waals surface area contributed by atoms with Crippen LogP contribution in [0, 0.1) is 6.92 Å². The van der Waals surface area contributed by atoms with Gasteiger partial charge in [-0.3, -0.25) is 5.43 Å². The highest BCUT2D eigenvalue weighted by Crippen LogP contribution is 2.21. The Bertz CT molecular complexity index is 1140. The number of ether oxygens (including phenoxy) is 1. The summed E-state index contributed by atoms with van der Waals surface area (Å²) in [6, 6.07) is 20.5. The third-order valence-corrected chi connectivity index (χ3v) is 4.96. The molecule has 0 aliphatic rings. The second-order valence-electron chi connectivity index (χ2n) is 6.15. The van der Waals surface area contributed by atoms with Gasteiger partial charge in [0.25, 0.3) is 0 Å². The molecule has 138 valence electrons. The monoisotopic (exact) mass is 387 g/mol. The molecule has 0 fully saturated rings. The highest BCUT2D eigenvalue weighted by molar-refractivity contribution is 7.13. The number of nitrogens with zero attached hydrogens (tertiary/aromatic N) is 2. The molecule has 5 nitrogen and oxygen atoms in total. The zero-order valence-electron chi connectivity index (χ0n) is 15.1. The van der Waals surface area contributed by atoms with Gasteiger partial charge in [-0.25, -0.2) is 9.78 Å². The van der Waals surface area contributed by atoms with Crippen molar-refractivity contribution in [1.82, 2.24) is 4.98 Å². The van der Waals surface area contributed by atoms with Crippen LogP contribution in [0.4, 0.5) is 5.13 Å². The number of fused-ring (bicyclic) bond motifs is 1. The van der Waals surface area contributed by atoms with Gasteiger partial charge in [0, 0.05) is 5.38 Å². The number of benzene rings is 3. The van der Waals surface area contributed by atoms with Crippen LogP contribution in [0.2, 0.25) is 0 Å². The summed E-state index contributed by atoms with van der Waals surface area (Å²) in [5.41, 5.74) is 5.28. The second kappa shape index (κ2) is 8.02. The number of nitrogens with one attached hydrogen (secondary N) is 1. The van der Waals surface area contributed by atoms with E-state index >= 15 is 0 Å². The molecule has 0 unspecified atom stereocenters. The van der Waals surface area contributed by atoms with Crippen molar-refractivity contribution in [2.45, 2.75) is 6.92 Å². The molecule has 0 atom stereocenters. The van der Waals surface area contributed by atoms with Crippen molar-refractivity contribution in [3.05, 3.63) is 88.9 Å². The molecule has 1 N–H and O–H groups in total. The standard InChI is InChI=1S/C22H17N3O2S/c1-15-14-28-22(24-15)25-23-13-16-9-11-18(12-10-16)27-21(26)20-8-4-6-17-5-2-3-7-19(17)20/h2-14H,1H3,(H,24,25). The number of aryl methyl sites for hydroxylation is 1. The molecule has 6 heteroatoms. The predicted molar refractivity (Wildman–Crippen MR) is 113 cm³/mol. The molecule has 0 saturated heterocycles. The average Bonchev–Trinajstić information content (AvgIpc) is 3.14. The van der Waals surface area contributed by atoms with E-state index in [9.17, 15) is 4.79 Å². The van der Waals surface area contributed by atoms with Gasteiger partial charge < -0.3 is 4.74 Å². The maximum Gasteiger partial charge on any atom is 0.344 e. The molecule has 1 aromatic heterocycles. The van der Waals surface area contributed by atoms with Crippen molar-refractivity contribution in [2.24, 2.45) is 5.10 Å². The van der Waals surface area contributed by atoms with Crippen LogP contribution in [0.15, 0.2) is 77.2 Å². The topological polar surface area (TPSA) is 63.6 Å². The Morgan fingerprint density at radius 2 is 1.86 bits per heavy atom. The Hall–Kier alpha value is -3.51. The number of hydrogen-bond donors (Lipinski definition) is 1. The molecule has 28 heavy (non-hydrogen) atoms. The Morgan fingerprint density at radius 3 is 2.64 bits per heavy atom. The Morgan fingerprint density at radius 1 is 1.07 bits per heavy atom. The molecule has 0 aliphatic carbocycles. The van der Waals surface area contributed by atoms with Crippen LogP contribution in [0.1, 0.15) is 21.6 Å². The van der Waals surface area contributed by atoms with E-state index in [0.29, 0.717) is 11.3 Å². The van der Waals surface area contributed by atoms with E-state index in [-0.39, 0.29) is 5.97 Å². The fraction of sp³-hybridized carbons (Fsp3) is 0.0455. The minimum absolute atomic E-state index is 0.376. The predicted octanol–water partition coefficient (Wildman–Crippen LogP) is 5.27. The van der Waals surface area contributed by atoms with Crippen LogP contribution < -0.4 is 10.2 Å². The van der Waals surface area contributed by atoms with Crippen molar-refractivity contribution in [3.63, 3.8) is 0 Å². The zero-order valence-corrected chi connectivity index (χ0v) is 15.9. The third-order valence-electron chi connectivity index (χ3n) is 4.09. The Labute approximate surface area is 166 Å². The van der Waals surface area contributed by atoms with Crippen molar-refractivity contribution < 1.29 is 9.53 Å². The van der Waals surface area contributed by atoms with Gasteiger partial charge in [0.15, 0.2) is 0 Å². The fourth-order valence-corrected chi connectivity index (χ4v) is 3.39. The summed E-state index contributed by atoms with van der Waals surface area (Å²) >= 11 is 1.50. The SMILES string of the molecule is Cc1csc(NN=Cc2ccc(OC(=O)c3cccc4ccccc34)cc2)n1. The summed E-state index contributed by atoms with van der Waals surface area (Å²) in [4.78, 5) is 16.9. The fourth-order valence-electron chi connectivity index (χ4n) is 2.75. The van der Waals surface area contributed by atoms with Crippen molar-refractivity contribution in [3.8, 4) is 5.75 Å². The van der Waals surface area contributed by atoms with Gasteiger partial charge in [0.2, 0.25) is 5.13 Å². The second-order valence-corrected chi connectivity index (χ2v) is 7.01. The third kappa shape index (κ3) is 4.07. The number of anilines is 1. The van der Waals surface area contributed by atoms with Crippen LogP contribution in [-0.4, -0.2) is 17.2 Å². The van der Waals surface area contributed by atoms with Crippen molar-refractivity contribution >= 4 is 39.4 Å². The number of esters is 1. The highest BCUT2D eigenvalue weighted by Gasteiger charge is 2.12. The molecule has 0 spiro atoms. The smallest absolute Gasteiger partial charge is 0.344 e. The Balaban J connectivity index is 1.43. The van der Waals surface area contributed by atoms with Gasteiger partial charge in [-0.15, -0.1) is 11.3 Å². The largest absolute Gasteiger partial charge is 0.423 e. The number of carbonyl (C=O) groups is 1. The molecular weight excluding hydrogens is 370 g/mol. The van der Waals surface area contributed by atoms with E-state index in [4.69, 9.17) is 4.74 Å². The summed E-state index contributed by atoms with van der Waals surface area (Å²) in [5, 5.41) is 8.75. The first kappa shape index (κ1) is 17.9. The molecule has 4 aromatic rings. The minimum atomic E-state index is -0.376. The number of hydrogen-bond acceptors (Lipinski definition) is 6. The molecule has 0 amide bonds. The molecule has 4 rings (SSSR count). The number of aromatic nitrogens is 1. The van der Waals surface area contributed by atoms with E-state index in [0.717, 1.165) is 27.2 Å². The van der Waals surface area contributed by atoms with Gasteiger partial charge >= 0.3 is 5.97 Å². The molecule has 0 saturated carbocycles. The van der Waals surface area contributed by atoms with Crippen molar-refractivity contribution in [1.29, 1.82) is 0 Å². The number of thiazole rings is 1. The van der Waals surface area contributed by atoms with Crippen LogP contribution >= 0.6 is 11.3 Å². The summed E-state index contributed by atoms with van der Waals surface area (Å²) in [7, 11) is 0. The van der Waals surface area contributed by atoms with Gasteiger partial charge in [-0.2, -0.15) is 5.10 Å². The molecular formula is C22H17N3O2S. The summed E-state index contributed by atoms with van der Waals surface area (Å²) in [6.07, 6.45) is 1.69. The normalized spacial score (nSPS) is 11.0. The number of carbonyl (C=O) groups excluding carboxylic acids is 1. The lowest BCUT2D eigenvalue weighted by Gasteiger charge is -2.07. The zero-order chi connectivity index (χ0) is 19.3. The first-order valence-electron chi connectivity index (χ1n) is 8.70. The minimum Gasteiger partial charge on any atom is -0.423 e. The average molecular weight is 387 g/mol. The number of rotatable bonds is 5. The lowest BCUT2D eigenvalue weighted by Crippen LogP contribution is -2.09. The van der Waals surface area contributed by atoms with Gasteiger partial charge in [-0.1, -0.05) is 36.4 Å². The van der Waals surface area contributed by atoms with Crippen LogP contribution in [-0.2, 0) is 0 Å². The van der Waals surface area contributed by atoms with E-state index in [2.05, 4.69) is 15.5 Å². The van der Waals surface area contributed by atoms with Gasteiger partial charge in [-0.05, 0) is 53.6 Å². The summed E-state index contributed by atoms with van der Waals surface area (Å²) in [6.45, 7) is 1.93. The van der Waals surface area contributed by atoms with E-state index in [1.807, 2.05) is 60.8 Å². The van der Waals surface area contributed by atoms with E-state index in [1.165, 1.54) is 11.3 Å². The van der Waals surface area contributed by atoms with E-state index < -0.39 is 0 Å². The lowest BCUT2D eigenvalue weighted by molar-refractivity contribution is 0.0737. The molecule has 0 aliphatic heterocycles. The maximum absolute atomic E-state index is 12.6.